The van der Waals surface area contributed by atoms with Crippen LogP contribution in [0.3, 0.4) is 0 Å². The average Bonchev–Trinajstić information content (AvgIpc) is 2.85. The predicted molar refractivity (Wildman–Crippen MR) is 144 cm³/mol. The maximum atomic E-state index is 13.8. The second-order valence-electron chi connectivity index (χ2n) is 8.91. The Bertz CT molecular complexity index is 1110. The largest absolute Gasteiger partial charge is 0.352 e. The third-order valence-corrected chi connectivity index (χ3v) is 6.84. The van der Waals surface area contributed by atoms with Crippen molar-refractivity contribution < 1.29 is 9.59 Å². The van der Waals surface area contributed by atoms with Crippen molar-refractivity contribution >= 4 is 35.0 Å². The van der Waals surface area contributed by atoms with Gasteiger partial charge in [0.05, 0.1) is 6.42 Å². The zero-order valence-electron chi connectivity index (χ0n) is 20.4. The molecule has 6 heteroatoms. The number of aryl methyl sites for hydroxylation is 1. The number of amides is 2. The summed E-state index contributed by atoms with van der Waals surface area (Å²) in [7, 11) is 0. The molecule has 3 aromatic rings. The van der Waals surface area contributed by atoms with Crippen LogP contribution >= 0.6 is 23.2 Å². The number of hydrogen-bond donors (Lipinski definition) is 1. The zero-order valence-corrected chi connectivity index (χ0v) is 21.9. The fraction of sp³-hybridized carbons (Fsp3) is 0.310. The minimum absolute atomic E-state index is 0.00453. The quantitative estimate of drug-likeness (QED) is 0.343. The number of benzene rings is 3. The van der Waals surface area contributed by atoms with Crippen LogP contribution < -0.4 is 5.32 Å². The highest BCUT2D eigenvalue weighted by Gasteiger charge is 2.31. The molecule has 0 aromatic heterocycles. The van der Waals surface area contributed by atoms with Gasteiger partial charge in [0, 0.05) is 29.1 Å². The average molecular weight is 511 g/mol. The molecule has 4 nitrogen and oxygen atoms in total. The number of carbonyl (C=O) groups is 2. The maximum Gasteiger partial charge on any atom is 0.243 e. The molecule has 1 N–H and O–H groups in total. The Labute approximate surface area is 218 Å². The molecule has 3 aromatic carbocycles. The van der Waals surface area contributed by atoms with E-state index in [1.54, 1.807) is 23.1 Å². The summed E-state index contributed by atoms with van der Waals surface area (Å²) >= 11 is 12.8. The van der Waals surface area contributed by atoms with Crippen LogP contribution in [-0.4, -0.2) is 28.8 Å². The Kier molecular flexibility index (Phi) is 9.76. The Morgan fingerprint density at radius 2 is 1.51 bits per heavy atom. The van der Waals surface area contributed by atoms with Crippen molar-refractivity contribution in [1.82, 2.24) is 10.2 Å². The van der Waals surface area contributed by atoms with Crippen molar-refractivity contribution in [3.05, 3.63) is 105 Å². The van der Waals surface area contributed by atoms with Gasteiger partial charge in [0.2, 0.25) is 11.8 Å². The summed E-state index contributed by atoms with van der Waals surface area (Å²) in [5.41, 5.74) is 3.62. The van der Waals surface area contributed by atoms with Gasteiger partial charge in [-0.2, -0.15) is 0 Å². The fourth-order valence-electron chi connectivity index (χ4n) is 3.84. The van der Waals surface area contributed by atoms with E-state index in [1.807, 2.05) is 75.4 Å². The lowest BCUT2D eigenvalue weighted by molar-refractivity contribution is -0.141. The Morgan fingerprint density at radius 1 is 0.886 bits per heavy atom. The molecule has 0 saturated heterocycles. The smallest absolute Gasteiger partial charge is 0.243 e. The maximum absolute atomic E-state index is 13.8. The van der Waals surface area contributed by atoms with E-state index >= 15 is 0 Å². The van der Waals surface area contributed by atoms with Gasteiger partial charge in [0.1, 0.15) is 6.04 Å². The van der Waals surface area contributed by atoms with E-state index in [9.17, 15) is 9.59 Å². The first kappa shape index (κ1) is 26.8. The van der Waals surface area contributed by atoms with E-state index < -0.39 is 6.04 Å². The summed E-state index contributed by atoms with van der Waals surface area (Å²) in [6, 6.07) is 22.3. The molecule has 0 heterocycles. The molecule has 0 aliphatic carbocycles. The normalized spacial score (nSPS) is 12.6. The highest BCUT2D eigenvalue weighted by molar-refractivity contribution is 6.36. The summed E-state index contributed by atoms with van der Waals surface area (Å²) in [6.45, 7) is 6.30. The van der Waals surface area contributed by atoms with Gasteiger partial charge in [-0.05, 0) is 49.1 Å². The van der Waals surface area contributed by atoms with Crippen LogP contribution in [0, 0.1) is 6.92 Å². The molecule has 0 aliphatic rings. The summed E-state index contributed by atoms with van der Waals surface area (Å²) in [4.78, 5) is 29.0. The van der Waals surface area contributed by atoms with E-state index in [-0.39, 0.29) is 24.3 Å². The monoisotopic (exact) mass is 510 g/mol. The lowest BCUT2D eigenvalue weighted by Gasteiger charge is -2.32. The summed E-state index contributed by atoms with van der Waals surface area (Å²) in [6.07, 6.45) is 1.20. The fourth-order valence-corrected chi connectivity index (χ4v) is 4.37. The first-order valence-corrected chi connectivity index (χ1v) is 12.7. The van der Waals surface area contributed by atoms with Crippen molar-refractivity contribution in [2.24, 2.45) is 0 Å². The summed E-state index contributed by atoms with van der Waals surface area (Å²) < 4.78 is 0. The Morgan fingerprint density at radius 3 is 2.11 bits per heavy atom. The molecule has 0 spiro atoms. The van der Waals surface area contributed by atoms with E-state index in [4.69, 9.17) is 23.2 Å². The topological polar surface area (TPSA) is 49.4 Å². The molecule has 3 rings (SSSR count). The molecule has 0 saturated carbocycles. The lowest BCUT2D eigenvalue weighted by Crippen LogP contribution is -2.52. The number of rotatable bonds is 10. The third kappa shape index (κ3) is 7.58. The standard InChI is InChI=1S/C29H32Cl2N2O2/c1-4-21(3)32-29(35)27(17-22-9-6-5-7-10-22)33(19-23-15-13-20(2)14-16-23)28(34)18-24-25(30)11-8-12-26(24)31/h5-16,21,27H,4,17-19H2,1-3H3,(H,32,35)/t21-,27+/m1/s1. The van der Waals surface area contributed by atoms with Crippen LogP contribution in [0.25, 0.3) is 0 Å². The van der Waals surface area contributed by atoms with Crippen LogP contribution in [0.4, 0.5) is 0 Å². The van der Waals surface area contributed by atoms with Gasteiger partial charge >= 0.3 is 0 Å². The van der Waals surface area contributed by atoms with Crippen LogP contribution in [0.1, 0.15) is 42.5 Å². The molecule has 0 fully saturated rings. The summed E-state index contributed by atoms with van der Waals surface area (Å²) in [5.74, 6) is -0.380. The van der Waals surface area contributed by atoms with E-state index in [2.05, 4.69) is 5.32 Å². The van der Waals surface area contributed by atoms with E-state index in [0.29, 0.717) is 28.6 Å². The molecule has 184 valence electrons. The van der Waals surface area contributed by atoms with Crippen LogP contribution in [-0.2, 0) is 29.0 Å². The van der Waals surface area contributed by atoms with Crippen LogP contribution in [0.5, 0.6) is 0 Å². The van der Waals surface area contributed by atoms with Crippen molar-refractivity contribution in [2.75, 3.05) is 0 Å². The Balaban J connectivity index is 2.00. The number of carbonyl (C=O) groups excluding carboxylic acids is 2. The molecular formula is C29H32Cl2N2O2. The molecule has 2 amide bonds. The van der Waals surface area contributed by atoms with Gasteiger partial charge in [-0.3, -0.25) is 9.59 Å². The van der Waals surface area contributed by atoms with E-state index in [1.165, 1.54) is 0 Å². The Hall–Kier alpha value is -2.82. The molecule has 0 bridgehead atoms. The van der Waals surface area contributed by atoms with Gasteiger partial charge < -0.3 is 10.2 Å². The molecule has 35 heavy (non-hydrogen) atoms. The highest BCUT2D eigenvalue weighted by Crippen LogP contribution is 2.26. The van der Waals surface area contributed by atoms with Crippen molar-refractivity contribution in [3.8, 4) is 0 Å². The first-order valence-electron chi connectivity index (χ1n) is 11.9. The molecular weight excluding hydrogens is 479 g/mol. The number of hydrogen-bond acceptors (Lipinski definition) is 2. The third-order valence-electron chi connectivity index (χ3n) is 6.14. The number of nitrogens with zero attached hydrogens (tertiary/aromatic N) is 1. The van der Waals surface area contributed by atoms with E-state index in [0.717, 1.165) is 23.1 Å². The van der Waals surface area contributed by atoms with Gasteiger partial charge in [0.15, 0.2) is 0 Å². The van der Waals surface area contributed by atoms with Gasteiger partial charge in [-0.25, -0.2) is 0 Å². The SMILES string of the molecule is CC[C@@H](C)NC(=O)[C@H](Cc1ccccc1)N(Cc1ccc(C)cc1)C(=O)Cc1c(Cl)cccc1Cl. The van der Waals surface area contributed by atoms with Gasteiger partial charge in [0.25, 0.3) is 0 Å². The lowest BCUT2D eigenvalue weighted by atomic mass is 10.0. The van der Waals surface area contributed by atoms with Crippen molar-refractivity contribution in [3.63, 3.8) is 0 Å². The first-order chi connectivity index (χ1) is 16.8. The minimum Gasteiger partial charge on any atom is -0.352 e. The van der Waals surface area contributed by atoms with Crippen molar-refractivity contribution in [2.45, 2.75) is 58.7 Å². The van der Waals surface area contributed by atoms with Crippen LogP contribution in [0.15, 0.2) is 72.8 Å². The van der Waals surface area contributed by atoms with Crippen molar-refractivity contribution in [1.29, 1.82) is 0 Å². The second kappa shape index (κ2) is 12.8. The molecule has 0 radical (unpaired) electrons. The molecule has 0 unspecified atom stereocenters. The highest BCUT2D eigenvalue weighted by atomic mass is 35.5. The molecule has 0 aliphatic heterocycles. The van der Waals surface area contributed by atoms with Gasteiger partial charge in [-0.15, -0.1) is 0 Å². The second-order valence-corrected chi connectivity index (χ2v) is 9.72. The number of halogens is 2. The summed E-state index contributed by atoms with van der Waals surface area (Å²) in [5, 5.41) is 3.95. The molecule has 2 atom stereocenters. The minimum atomic E-state index is -0.693. The number of nitrogens with one attached hydrogen (secondary N) is 1. The zero-order chi connectivity index (χ0) is 25.4. The van der Waals surface area contributed by atoms with Crippen LogP contribution in [0.2, 0.25) is 10.0 Å². The van der Waals surface area contributed by atoms with Gasteiger partial charge in [-0.1, -0.05) is 96.4 Å². The predicted octanol–water partition coefficient (Wildman–Crippen LogP) is 6.40.